The number of benzene rings is 2. The molecule has 0 fully saturated rings. The van der Waals surface area contributed by atoms with Crippen LogP contribution in [0.2, 0.25) is 0 Å². The van der Waals surface area contributed by atoms with Crippen LogP contribution in [0.25, 0.3) is 0 Å². The van der Waals surface area contributed by atoms with Crippen molar-refractivity contribution in [2.75, 3.05) is 48.1 Å². The molecule has 0 heterocycles. The number of nitriles is 1. The molecular formula is C34H51N3O6. The molecule has 0 radical (unpaired) electrons. The molecule has 2 aromatic carbocycles. The molecule has 1 amide bonds. The van der Waals surface area contributed by atoms with Gasteiger partial charge in [-0.15, -0.1) is 0 Å². The molecule has 2 aromatic rings. The second-order valence-electron chi connectivity index (χ2n) is 12.0. The summed E-state index contributed by atoms with van der Waals surface area (Å²) in [5.41, 5.74) is 0.997. The van der Waals surface area contributed by atoms with Crippen LogP contribution in [0.3, 0.4) is 0 Å². The van der Waals surface area contributed by atoms with Gasteiger partial charge in [-0.2, -0.15) is 5.26 Å². The lowest BCUT2D eigenvalue weighted by Crippen LogP contribution is -2.45. The fourth-order valence-corrected chi connectivity index (χ4v) is 5.53. The minimum absolute atomic E-state index is 0.0463. The van der Waals surface area contributed by atoms with E-state index in [0.29, 0.717) is 61.0 Å². The molecule has 0 aliphatic rings. The van der Waals surface area contributed by atoms with Gasteiger partial charge in [0.25, 0.3) is 5.91 Å². The van der Waals surface area contributed by atoms with Gasteiger partial charge < -0.3 is 34.3 Å². The Balaban J connectivity index is 2.14. The fourth-order valence-electron chi connectivity index (χ4n) is 5.53. The first-order valence-corrected chi connectivity index (χ1v) is 14.9. The second-order valence-corrected chi connectivity index (χ2v) is 12.0. The van der Waals surface area contributed by atoms with Crippen molar-refractivity contribution in [1.82, 2.24) is 10.2 Å². The van der Waals surface area contributed by atoms with E-state index >= 15 is 0 Å². The van der Waals surface area contributed by atoms with Gasteiger partial charge in [-0.1, -0.05) is 19.9 Å². The number of ether oxygens (including phenoxy) is 4. The molecule has 9 nitrogen and oxygen atoms in total. The molecule has 0 saturated carbocycles. The van der Waals surface area contributed by atoms with Gasteiger partial charge in [0.1, 0.15) is 0 Å². The molecule has 2 N–H and O–H groups in total. The van der Waals surface area contributed by atoms with Crippen LogP contribution in [0, 0.1) is 17.2 Å². The molecule has 0 aromatic heterocycles. The molecule has 2 rings (SSSR count). The van der Waals surface area contributed by atoms with E-state index in [1.165, 1.54) is 0 Å². The van der Waals surface area contributed by atoms with Crippen molar-refractivity contribution < 1.29 is 28.8 Å². The van der Waals surface area contributed by atoms with Crippen LogP contribution in [-0.2, 0) is 11.8 Å². The summed E-state index contributed by atoms with van der Waals surface area (Å²) in [4.78, 5) is 15.5. The second kappa shape index (κ2) is 15.8. The maximum absolute atomic E-state index is 13.6. The Hall–Kier alpha value is -3.48. The summed E-state index contributed by atoms with van der Waals surface area (Å²) in [6.07, 6.45) is 0.630. The molecule has 0 bridgehead atoms. The third-order valence-electron chi connectivity index (χ3n) is 8.08. The number of aliphatic hydroxyl groups is 1. The number of methoxy groups -OCH3 is 4. The van der Waals surface area contributed by atoms with E-state index in [-0.39, 0.29) is 23.8 Å². The summed E-state index contributed by atoms with van der Waals surface area (Å²) >= 11 is 0. The van der Waals surface area contributed by atoms with Gasteiger partial charge in [-0.25, -0.2) is 0 Å². The van der Waals surface area contributed by atoms with Crippen molar-refractivity contribution in [3.05, 3.63) is 47.0 Å². The minimum Gasteiger partial charge on any atom is -0.493 e. The first kappa shape index (κ1) is 35.7. The van der Waals surface area contributed by atoms with Crippen LogP contribution in [0.4, 0.5) is 0 Å². The van der Waals surface area contributed by atoms with E-state index in [2.05, 4.69) is 11.4 Å². The Morgan fingerprint density at radius 2 is 1.53 bits per heavy atom. The van der Waals surface area contributed by atoms with Gasteiger partial charge in [0.05, 0.1) is 46.0 Å². The van der Waals surface area contributed by atoms with Crippen LogP contribution < -0.4 is 24.3 Å². The standard InChI is InChI=1S/C34H51N3O6/c1-11-37(33(4,5)6)32(39)27-20-31(43-10)29(41-8)18-24(27)14-16-36-17-15-26(38)21-34(22-35,23(2)3)25-12-13-28(40-7)30(19-25)42-9/h12-13,18-20,23,26,36,38H,11,14-17,21H2,1-10H3. The average molecular weight is 598 g/mol. The molecule has 238 valence electrons. The maximum atomic E-state index is 13.6. The molecular weight excluding hydrogens is 546 g/mol. The Morgan fingerprint density at radius 3 is 2.05 bits per heavy atom. The fraction of sp³-hybridized carbons (Fsp3) is 0.588. The van der Waals surface area contributed by atoms with E-state index in [1.54, 1.807) is 40.6 Å². The van der Waals surface area contributed by atoms with Crippen molar-refractivity contribution in [3.8, 4) is 29.1 Å². The molecule has 9 heteroatoms. The molecule has 2 unspecified atom stereocenters. The highest BCUT2D eigenvalue weighted by Crippen LogP contribution is 2.41. The predicted molar refractivity (Wildman–Crippen MR) is 169 cm³/mol. The lowest BCUT2D eigenvalue weighted by Gasteiger charge is -2.35. The summed E-state index contributed by atoms with van der Waals surface area (Å²) in [7, 11) is 6.28. The quantitative estimate of drug-likeness (QED) is 0.248. The lowest BCUT2D eigenvalue weighted by molar-refractivity contribution is 0.0597. The Labute approximate surface area is 258 Å². The van der Waals surface area contributed by atoms with Gasteiger partial charge in [0.2, 0.25) is 0 Å². The van der Waals surface area contributed by atoms with E-state index in [4.69, 9.17) is 18.9 Å². The summed E-state index contributed by atoms with van der Waals surface area (Å²) in [5, 5.41) is 24.8. The maximum Gasteiger partial charge on any atom is 0.254 e. The number of hydrogen-bond donors (Lipinski definition) is 2. The van der Waals surface area contributed by atoms with Gasteiger partial charge >= 0.3 is 0 Å². The van der Waals surface area contributed by atoms with Crippen molar-refractivity contribution in [2.45, 2.75) is 77.9 Å². The molecule has 0 aliphatic carbocycles. The van der Waals surface area contributed by atoms with Crippen LogP contribution in [-0.4, -0.2) is 75.6 Å². The Morgan fingerprint density at radius 1 is 0.953 bits per heavy atom. The van der Waals surface area contributed by atoms with Crippen molar-refractivity contribution in [2.24, 2.45) is 5.92 Å². The molecule has 0 saturated heterocycles. The Bertz CT molecular complexity index is 1250. The molecule has 0 spiro atoms. The summed E-state index contributed by atoms with van der Waals surface area (Å²) in [6, 6.07) is 11.6. The van der Waals surface area contributed by atoms with Crippen LogP contribution >= 0.6 is 0 Å². The third-order valence-corrected chi connectivity index (χ3v) is 8.08. The number of aliphatic hydroxyl groups excluding tert-OH is 1. The number of amides is 1. The normalized spacial score (nSPS) is 13.6. The highest BCUT2D eigenvalue weighted by Gasteiger charge is 2.38. The lowest BCUT2D eigenvalue weighted by atomic mass is 9.69. The van der Waals surface area contributed by atoms with E-state index < -0.39 is 11.5 Å². The number of carbonyl (C=O) groups excluding carboxylic acids is 1. The predicted octanol–water partition coefficient (Wildman–Crippen LogP) is 5.37. The summed E-state index contributed by atoms with van der Waals surface area (Å²) in [5.74, 6) is 2.12. The first-order valence-electron chi connectivity index (χ1n) is 14.9. The average Bonchev–Trinajstić information content (AvgIpc) is 2.98. The third kappa shape index (κ3) is 8.55. The van der Waals surface area contributed by atoms with Crippen molar-refractivity contribution >= 4 is 5.91 Å². The summed E-state index contributed by atoms with van der Waals surface area (Å²) in [6.45, 7) is 13.7. The van der Waals surface area contributed by atoms with E-state index in [9.17, 15) is 15.2 Å². The van der Waals surface area contributed by atoms with E-state index in [1.807, 2.05) is 64.6 Å². The number of hydrogen-bond acceptors (Lipinski definition) is 8. The molecule has 43 heavy (non-hydrogen) atoms. The zero-order valence-corrected chi connectivity index (χ0v) is 27.7. The number of carbonyl (C=O) groups is 1. The first-order chi connectivity index (χ1) is 20.3. The minimum atomic E-state index is -0.897. The van der Waals surface area contributed by atoms with Crippen LogP contribution in [0.5, 0.6) is 23.0 Å². The zero-order valence-electron chi connectivity index (χ0n) is 27.7. The molecule has 2 atom stereocenters. The zero-order chi connectivity index (χ0) is 32.4. The van der Waals surface area contributed by atoms with Crippen molar-refractivity contribution in [3.63, 3.8) is 0 Å². The van der Waals surface area contributed by atoms with E-state index in [0.717, 1.165) is 11.1 Å². The topological polar surface area (TPSA) is 113 Å². The highest BCUT2D eigenvalue weighted by atomic mass is 16.5. The smallest absolute Gasteiger partial charge is 0.254 e. The summed E-state index contributed by atoms with van der Waals surface area (Å²) < 4.78 is 21.9. The van der Waals surface area contributed by atoms with Crippen LogP contribution in [0.15, 0.2) is 30.3 Å². The largest absolute Gasteiger partial charge is 0.493 e. The number of nitrogens with one attached hydrogen (secondary N) is 1. The number of nitrogens with zero attached hydrogens (tertiary/aromatic N) is 2. The highest BCUT2D eigenvalue weighted by molar-refractivity contribution is 5.97. The van der Waals surface area contributed by atoms with Gasteiger partial charge in [-0.3, -0.25) is 4.79 Å². The Kier molecular flexibility index (Phi) is 13.2. The van der Waals surface area contributed by atoms with Crippen molar-refractivity contribution in [1.29, 1.82) is 5.26 Å². The SMILES string of the molecule is CCN(C(=O)c1cc(OC)c(OC)cc1CCNCCC(O)CC(C#N)(c1ccc(OC)c(OC)c1)C(C)C)C(C)(C)C. The van der Waals surface area contributed by atoms with Gasteiger partial charge in [0.15, 0.2) is 23.0 Å². The van der Waals surface area contributed by atoms with Gasteiger partial charge in [0, 0.05) is 17.6 Å². The van der Waals surface area contributed by atoms with Crippen LogP contribution in [0.1, 0.15) is 75.9 Å². The van der Waals surface area contributed by atoms with Gasteiger partial charge in [-0.05, 0) is 101 Å². The monoisotopic (exact) mass is 597 g/mol. The molecule has 0 aliphatic heterocycles. The number of rotatable bonds is 16.